The summed E-state index contributed by atoms with van der Waals surface area (Å²) in [5, 5.41) is 2.92. The summed E-state index contributed by atoms with van der Waals surface area (Å²) in [5.74, 6) is -0.140. The van der Waals surface area contributed by atoms with Crippen molar-refractivity contribution in [2.75, 3.05) is 13.1 Å². The van der Waals surface area contributed by atoms with Crippen LogP contribution in [0, 0.1) is 12.7 Å². The van der Waals surface area contributed by atoms with Crippen LogP contribution in [0.5, 0.6) is 0 Å². The van der Waals surface area contributed by atoms with Crippen molar-refractivity contribution in [3.63, 3.8) is 0 Å². The van der Waals surface area contributed by atoms with Crippen LogP contribution in [-0.4, -0.2) is 35.7 Å². The molecule has 1 fully saturated rings. The maximum Gasteiger partial charge on any atom is 0.407 e. The highest BCUT2D eigenvalue weighted by Gasteiger charge is 2.23. The maximum absolute atomic E-state index is 13.9. The Bertz CT molecular complexity index is 546. The molecule has 0 bridgehead atoms. The Kier molecular flexibility index (Phi) is 5.63. The largest absolute Gasteiger partial charge is 0.444 e. The van der Waals surface area contributed by atoms with Gasteiger partial charge < -0.3 is 10.1 Å². The lowest BCUT2D eigenvalue weighted by molar-refractivity contribution is 0.0477. The zero-order valence-corrected chi connectivity index (χ0v) is 14.5. The van der Waals surface area contributed by atoms with Crippen molar-refractivity contribution < 1.29 is 13.9 Å². The number of carbonyl (C=O) groups is 1. The van der Waals surface area contributed by atoms with Crippen LogP contribution in [-0.2, 0) is 11.3 Å². The van der Waals surface area contributed by atoms with Gasteiger partial charge in [-0.1, -0.05) is 12.1 Å². The average Bonchev–Trinajstić information content (AvgIpc) is 2.42. The summed E-state index contributed by atoms with van der Waals surface area (Å²) in [5.41, 5.74) is 1.19. The molecule has 1 saturated heterocycles. The number of likely N-dealkylation sites (tertiary alicyclic amines) is 1. The summed E-state index contributed by atoms with van der Waals surface area (Å²) < 4.78 is 19.2. The molecule has 0 aliphatic carbocycles. The van der Waals surface area contributed by atoms with Crippen LogP contribution < -0.4 is 5.32 Å². The normalized spacial score (nSPS) is 17.1. The van der Waals surface area contributed by atoms with E-state index in [1.165, 1.54) is 0 Å². The molecule has 4 nitrogen and oxygen atoms in total. The molecule has 2 rings (SSSR count). The predicted octanol–water partition coefficient (Wildman–Crippen LogP) is 3.62. The third kappa shape index (κ3) is 5.82. The molecule has 0 spiro atoms. The van der Waals surface area contributed by atoms with Crippen LogP contribution in [0.25, 0.3) is 0 Å². The van der Waals surface area contributed by atoms with Crippen LogP contribution in [0.2, 0.25) is 0 Å². The van der Waals surface area contributed by atoms with Crippen LogP contribution in [0.3, 0.4) is 0 Å². The van der Waals surface area contributed by atoms with Gasteiger partial charge >= 0.3 is 6.09 Å². The Labute approximate surface area is 138 Å². The zero-order chi connectivity index (χ0) is 17.0. The minimum absolute atomic E-state index is 0.129. The van der Waals surface area contributed by atoms with Crippen LogP contribution in [0.15, 0.2) is 18.2 Å². The summed E-state index contributed by atoms with van der Waals surface area (Å²) in [6.07, 6.45) is 1.35. The number of ether oxygens (including phenoxy) is 1. The number of alkyl carbamates (subject to hydrolysis) is 1. The van der Waals surface area contributed by atoms with Gasteiger partial charge in [-0.2, -0.15) is 0 Å². The van der Waals surface area contributed by atoms with Gasteiger partial charge in [0, 0.05) is 31.2 Å². The van der Waals surface area contributed by atoms with Gasteiger partial charge in [0.1, 0.15) is 11.4 Å². The number of hydrogen-bond acceptors (Lipinski definition) is 3. The van der Waals surface area contributed by atoms with E-state index < -0.39 is 5.60 Å². The minimum atomic E-state index is -0.478. The lowest BCUT2D eigenvalue weighted by atomic mass is 10.0. The van der Waals surface area contributed by atoms with Gasteiger partial charge in [-0.15, -0.1) is 0 Å². The number of carbonyl (C=O) groups excluding carboxylic acids is 1. The molecule has 1 aliphatic rings. The summed E-state index contributed by atoms with van der Waals surface area (Å²) in [6, 6.07) is 5.50. The van der Waals surface area contributed by atoms with Crippen LogP contribution >= 0.6 is 0 Å². The number of aryl methyl sites for hydroxylation is 1. The van der Waals surface area contributed by atoms with E-state index in [9.17, 15) is 9.18 Å². The first-order valence-corrected chi connectivity index (χ1v) is 8.20. The van der Waals surface area contributed by atoms with Crippen molar-refractivity contribution >= 4 is 6.09 Å². The number of hydrogen-bond donors (Lipinski definition) is 1. The molecule has 0 unspecified atom stereocenters. The fourth-order valence-corrected chi connectivity index (χ4v) is 2.73. The van der Waals surface area contributed by atoms with E-state index in [0.29, 0.717) is 6.54 Å². The lowest BCUT2D eigenvalue weighted by Gasteiger charge is -2.32. The molecular weight excluding hydrogens is 295 g/mol. The summed E-state index contributed by atoms with van der Waals surface area (Å²) in [6.45, 7) is 9.75. The number of rotatable bonds is 3. The van der Waals surface area contributed by atoms with E-state index in [0.717, 1.165) is 37.1 Å². The first-order chi connectivity index (χ1) is 10.7. The third-order valence-corrected chi connectivity index (χ3v) is 3.91. The highest BCUT2D eigenvalue weighted by molar-refractivity contribution is 5.68. The van der Waals surface area contributed by atoms with Crippen molar-refractivity contribution in [1.29, 1.82) is 0 Å². The lowest BCUT2D eigenvalue weighted by Crippen LogP contribution is -2.45. The van der Waals surface area contributed by atoms with Crippen LogP contribution in [0.1, 0.15) is 44.7 Å². The molecule has 0 atom stereocenters. The zero-order valence-electron chi connectivity index (χ0n) is 14.5. The fourth-order valence-electron chi connectivity index (χ4n) is 2.73. The molecule has 1 N–H and O–H groups in total. The van der Waals surface area contributed by atoms with Crippen molar-refractivity contribution in [3.8, 4) is 0 Å². The SMILES string of the molecule is Cc1ccc(CN2CCC(NC(=O)OC(C)(C)C)CC2)c(F)c1. The van der Waals surface area contributed by atoms with Crippen molar-refractivity contribution in [3.05, 3.63) is 35.1 Å². The average molecular weight is 322 g/mol. The summed E-state index contributed by atoms with van der Waals surface area (Å²) in [7, 11) is 0. The number of halogens is 1. The van der Waals surface area contributed by atoms with Crippen molar-refractivity contribution in [1.82, 2.24) is 10.2 Å². The van der Waals surface area contributed by atoms with E-state index in [1.807, 2.05) is 39.8 Å². The molecule has 128 valence electrons. The van der Waals surface area contributed by atoms with Gasteiger partial charge in [0.15, 0.2) is 0 Å². The van der Waals surface area contributed by atoms with E-state index >= 15 is 0 Å². The number of amides is 1. The second kappa shape index (κ2) is 7.30. The molecular formula is C18H27FN2O2. The second-order valence-electron chi connectivity index (χ2n) is 7.29. The fraction of sp³-hybridized carbons (Fsp3) is 0.611. The number of nitrogens with one attached hydrogen (secondary N) is 1. The second-order valence-corrected chi connectivity index (χ2v) is 7.29. The molecule has 1 aromatic rings. The summed E-state index contributed by atoms with van der Waals surface area (Å²) in [4.78, 5) is 14.0. The molecule has 1 aromatic carbocycles. The standard InChI is InChI=1S/C18H27FN2O2/c1-13-5-6-14(16(19)11-13)12-21-9-7-15(8-10-21)20-17(22)23-18(2,3)4/h5-6,11,15H,7-10,12H2,1-4H3,(H,20,22). The van der Waals surface area contributed by atoms with Gasteiger partial charge in [-0.05, 0) is 52.2 Å². The molecule has 1 amide bonds. The van der Waals surface area contributed by atoms with Crippen molar-refractivity contribution in [2.24, 2.45) is 0 Å². The Morgan fingerprint density at radius 1 is 1.35 bits per heavy atom. The molecule has 0 radical (unpaired) electrons. The van der Waals surface area contributed by atoms with Gasteiger partial charge in [0.25, 0.3) is 0 Å². The summed E-state index contributed by atoms with van der Waals surface area (Å²) >= 11 is 0. The topological polar surface area (TPSA) is 41.6 Å². The molecule has 1 heterocycles. The Morgan fingerprint density at radius 2 is 2.00 bits per heavy atom. The van der Waals surface area contributed by atoms with E-state index in [4.69, 9.17) is 4.74 Å². The van der Waals surface area contributed by atoms with Crippen LogP contribution in [0.4, 0.5) is 9.18 Å². The molecule has 23 heavy (non-hydrogen) atoms. The number of benzene rings is 1. The number of piperidine rings is 1. The monoisotopic (exact) mass is 322 g/mol. The highest BCUT2D eigenvalue weighted by atomic mass is 19.1. The Morgan fingerprint density at radius 3 is 2.57 bits per heavy atom. The molecule has 1 aliphatic heterocycles. The van der Waals surface area contributed by atoms with E-state index in [2.05, 4.69) is 10.2 Å². The molecule has 0 saturated carbocycles. The number of nitrogens with zero attached hydrogens (tertiary/aromatic N) is 1. The first kappa shape index (κ1) is 17.7. The smallest absolute Gasteiger partial charge is 0.407 e. The quantitative estimate of drug-likeness (QED) is 0.924. The van der Waals surface area contributed by atoms with Gasteiger partial charge in [-0.25, -0.2) is 9.18 Å². The van der Waals surface area contributed by atoms with E-state index in [1.54, 1.807) is 6.07 Å². The predicted molar refractivity (Wildman–Crippen MR) is 88.8 cm³/mol. The Balaban J connectivity index is 1.79. The first-order valence-electron chi connectivity index (χ1n) is 8.20. The van der Waals surface area contributed by atoms with Gasteiger partial charge in [0.05, 0.1) is 0 Å². The Hall–Kier alpha value is -1.62. The molecule has 0 aromatic heterocycles. The minimum Gasteiger partial charge on any atom is -0.444 e. The van der Waals surface area contributed by atoms with Gasteiger partial charge in [0.2, 0.25) is 0 Å². The van der Waals surface area contributed by atoms with Gasteiger partial charge in [-0.3, -0.25) is 4.90 Å². The molecule has 5 heteroatoms. The van der Waals surface area contributed by atoms with E-state index in [-0.39, 0.29) is 18.0 Å². The highest BCUT2D eigenvalue weighted by Crippen LogP contribution is 2.17. The third-order valence-electron chi connectivity index (χ3n) is 3.91. The van der Waals surface area contributed by atoms with Crippen molar-refractivity contribution in [2.45, 2.75) is 58.7 Å². The maximum atomic E-state index is 13.9.